The summed E-state index contributed by atoms with van der Waals surface area (Å²) in [4.78, 5) is 22.6. The van der Waals surface area contributed by atoms with Gasteiger partial charge in [-0.15, -0.1) is 11.8 Å². The van der Waals surface area contributed by atoms with Gasteiger partial charge in [-0.1, -0.05) is 11.6 Å². The molecule has 1 aromatic carbocycles. The van der Waals surface area contributed by atoms with Crippen LogP contribution < -0.4 is 11.1 Å². The highest BCUT2D eigenvalue weighted by atomic mass is 35.5. The molecule has 0 aliphatic rings. The highest BCUT2D eigenvalue weighted by molar-refractivity contribution is 8.00. The van der Waals surface area contributed by atoms with E-state index in [0.717, 1.165) is 4.90 Å². The zero-order valence-electron chi connectivity index (χ0n) is 8.40. The van der Waals surface area contributed by atoms with Crippen LogP contribution in [-0.4, -0.2) is 24.1 Å². The Kier molecular flexibility index (Phi) is 5.14. The molecular weight excluding hydrogens is 248 g/mol. The molecule has 1 aromatic rings. The SMILES string of the molecule is NC(=O)CNC(=O)CSc1ccc(Cl)cc1. The maximum atomic E-state index is 11.2. The molecule has 1 rings (SSSR count). The summed E-state index contributed by atoms with van der Waals surface area (Å²) in [5.41, 5.74) is 4.89. The van der Waals surface area contributed by atoms with Crippen LogP contribution in [0.25, 0.3) is 0 Å². The summed E-state index contributed by atoms with van der Waals surface area (Å²) in [6, 6.07) is 7.17. The van der Waals surface area contributed by atoms with Crippen LogP contribution in [0.4, 0.5) is 0 Å². The minimum absolute atomic E-state index is 0.125. The zero-order valence-corrected chi connectivity index (χ0v) is 9.98. The number of amides is 2. The molecule has 0 fully saturated rings. The summed E-state index contributed by atoms with van der Waals surface area (Å²) in [5.74, 6) is -0.529. The van der Waals surface area contributed by atoms with Gasteiger partial charge in [0.05, 0.1) is 12.3 Å². The van der Waals surface area contributed by atoms with Crippen LogP contribution in [0.1, 0.15) is 0 Å². The molecule has 0 aliphatic heterocycles. The van der Waals surface area contributed by atoms with Crippen molar-refractivity contribution in [2.45, 2.75) is 4.90 Å². The lowest BCUT2D eigenvalue weighted by Crippen LogP contribution is -2.34. The Labute approximate surface area is 103 Å². The van der Waals surface area contributed by atoms with Gasteiger partial charge in [0.25, 0.3) is 0 Å². The number of primary amides is 1. The van der Waals surface area contributed by atoms with Crippen LogP contribution in [0.3, 0.4) is 0 Å². The highest BCUT2D eigenvalue weighted by Crippen LogP contribution is 2.19. The second kappa shape index (κ2) is 6.40. The number of thioether (sulfide) groups is 1. The fourth-order valence-electron chi connectivity index (χ4n) is 0.916. The van der Waals surface area contributed by atoms with Gasteiger partial charge < -0.3 is 11.1 Å². The summed E-state index contributed by atoms with van der Waals surface area (Å²) in [5, 5.41) is 3.06. The van der Waals surface area contributed by atoms with Crippen LogP contribution in [0.15, 0.2) is 29.2 Å². The molecule has 0 heterocycles. The number of halogens is 1. The molecular formula is C10H11ClN2O2S. The van der Waals surface area contributed by atoms with Gasteiger partial charge >= 0.3 is 0 Å². The van der Waals surface area contributed by atoms with Crippen molar-refractivity contribution in [2.24, 2.45) is 5.73 Å². The molecule has 86 valence electrons. The third-order valence-electron chi connectivity index (χ3n) is 1.64. The van der Waals surface area contributed by atoms with Crippen molar-refractivity contribution in [3.05, 3.63) is 29.3 Å². The number of hydrogen-bond acceptors (Lipinski definition) is 3. The number of hydrogen-bond donors (Lipinski definition) is 2. The number of benzene rings is 1. The lowest BCUT2D eigenvalue weighted by Gasteiger charge is -2.02. The first-order valence-electron chi connectivity index (χ1n) is 4.51. The van der Waals surface area contributed by atoms with E-state index in [1.165, 1.54) is 11.8 Å². The van der Waals surface area contributed by atoms with E-state index in [1.54, 1.807) is 12.1 Å². The molecule has 0 radical (unpaired) electrons. The van der Waals surface area contributed by atoms with E-state index >= 15 is 0 Å². The Balaban J connectivity index is 2.31. The number of rotatable bonds is 5. The quantitative estimate of drug-likeness (QED) is 0.775. The van der Waals surface area contributed by atoms with E-state index in [4.69, 9.17) is 17.3 Å². The maximum Gasteiger partial charge on any atom is 0.236 e. The fraction of sp³-hybridized carbons (Fsp3) is 0.200. The first kappa shape index (κ1) is 12.9. The molecule has 3 N–H and O–H groups in total. The van der Waals surface area contributed by atoms with Crippen molar-refractivity contribution < 1.29 is 9.59 Å². The summed E-state index contributed by atoms with van der Waals surface area (Å²) >= 11 is 7.09. The normalized spacial score (nSPS) is 9.81. The molecule has 2 amide bonds. The number of carbonyl (C=O) groups excluding carboxylic acids is 2. The summed E-state index contributed by atoms with van der Waals surface area (Å²) in [6.45, 7) is -0.125. The molecule has 0 spiro atoms. The van der Waals surface area contributed by atoms with E-state index in [0.29, 0.717) is 5.02 Å². The van der Waals surface area contributed by atoms with Gasteiger partial charge in [-0.25, -0.2) is 0 Å². The van der Waals surface area contributed by atoms with Gasteiger partial charge in [-0.05, 0) is 24.3 Å². The lowest BCUT2D eigenvalue weighted by atomic mass is 10.4. The van der Waals surface area contributed by atoms with E-state index in [-0.39, 0.29) is 18.2 Å². The van der Waals surface area contributed by atoms with Crippen LogP contribution in [0.5, 0.6) is 0 Å². The van der Waals surface area contributed by atoms with Crippen LogP contribution >= 0.6 is 23.4 Å². The predicted molar refractivity (Wildman–Crippen MR) is 64.4 cm³/mol. The van der Waals surface area contributed by atoms with Crippen LogP contribution in [0, 0.1) is 0 Å². The van der Waals surface area contributed by atoms with Crippen LogP contribution in [-0.2, 0) is 9.59 Å². The second-order valence-corrected chi connectivity index (χ2v) is 4.47. The third kappa shape index (κ3) is 5.04. The van der Waals surface area contributed by atoms with E-state index in [9.17, 15) is 9.59 Å². The number of carbonyl (C=O) groups is 2. The number of nitrogens with one attached hydrogen (secondary N) is 1. The second-order valence-electron chi connectivity index (χ2n) is 2.99. The van der Waals surface area contributed by atoms with Gasteiger partial charge in [-0.3, -0.25) is 9.59 Å². The van der Waals surface area contributed by atoms with E-state index in [2.05, 4.69) is 5.32 Å². The van der Waals surface area contributed by atoms with Gasteiger partial charge in [0, 0.05) is 9.92 Å². The van der Waals surface area contributed by atoms with Crippen molar-refractivity contribution in [2.75, 3.05) is 12.3 Å². The van der Waals surface area contributed by atoms with Crippen LogP contribution in [0.2, 0.25) is 5.02 Å². The molecule has 16 heavy (non-hydrogen) atoms. The topological polar surface area (TPSA) is 72.2 Å². The Bertz CT molecular complexity index is 381. The Morgan fingerprint density at radius 1 is 1.31 bits per heavy atom. The van der Waals surface area contributed by atoms with E-state index in [1.807, 2.05) is 12.1 Å². The number of nitrogens with two attached hydrogens (primary N) is 1. The first-order chi connectivity index (χ1) is 7.58. The standard InChI is InChI=1S/C10H11ClN2O2S/c11-7-1-3-8(4-2-7)16-6-10(15)13-5-9(12)14/h1-4H,5-6H2,(H2,12,14)(H,13,15). The minimum Gasteiger partial charge on any atom is -0.368 e. The minimum atomic E-state index is -0.551. The third-order valence-corrected chi connectivity index (χ3v) is 2.91. The Morgan fingerprint density at radius 3 is 2.50 bits per heavy atom. The zero-order chi connectivity index (χ0) is 12.0. The van der Waals surface area contributed by atoms with Crippen molar-refractivity contribution in [3.63, 3.8) is 0 Å². The first-order valence-corrected chi connectivity index (χ1v) is 5.87. The molecule has 0 aliphatic carbocycles. The highest BCUT2D eigenvalue weighted by Gasteiger charge is 2.03. The average molecular weight is 259 g/mol. The van der Waals surface area contributed by atoms with Gasteiger partial charge in [-0.2, -0.15) is 0 Å². The van der Waals surface area contributed by atoms with Crippen molar-refractivity contribution >= 4 is 35.2 Å². The van der Waals surface area contributed by atoms with Gasteiger partial charge in [0.1, 0.15) is 0 Å². The largest absolute Gasteiger partial charge is 0.368 e. The smallest absolute Gasteiger partial charge is 0.236 e. The molecule has 0 unspecified atom stereocenters. The average Bonchev–Trinajstić information content (AvgIpc) is 2.25. The Morgan fingerprint density at radius 2 is 1.94 bits per heavy atom. The van der Waals surface area contributed by atoms with Gasteiger partial charge in [0.2, 0.25) is 11.8 Å². The predicted octanol–water partition coefficient (Wildman–Crippen LogP) is 1.03. The van der Waals surface area contributed by atoms with Crippen molar-refractivity contribution in [1.29, 1.82) is 0 Å². The molecule has 0 bridgehead atoms. The lowest BCUT2D eigenvalue weighted by molar-refractivity contribution is -0.123. The monoisotopic (exact) mass is 258 g/mol. The molecule has 0 atom stereocenters. The Hall–Kier alpha value is -1.20. The molecule has 0 aromatic heterocycles. The molecule has 0 saturated heterocycles. The molecule has 0 saturated carbocycles. The summed E-state index contributed by atoms with van der Waals surface area (Å²) in [6.07, 6.45) is 0. The molecule has 4 nitrogen and oxygen atoms in total. The summed E-state index contributed by atoms with van der Waals surface area (Å²) < 4.78 is 0. The fourth-order valence-corrected chi connectivity index (χ4v) is 1.77. The van der Waals surface area contributed by atoms with Crippen molar-refractivity contribution in [3.8, 4) is 0 Å². The summed E-state index contributed by atoms with van der Waals surface area (Å²) in [7, 11) is 0. The molecule has 6 heteroatoms. The van der Waals surface area contributed by atoms with E-state index < -0.39 is 5.91 Å². The van der Waals surface area contributed by atoms with Crippen molar-refractivity contribution in [1.82, 2.24) is 5.32 Å². The van der Waals surface area contributed by atoms with Gasteiger partial charge in [0.15, 0.2) is 0 Å². The maximum absolute atomic E-state index is 11.2.